The van der Waals surface area contributed by atoms with E-state index in [4.69, 9.17) is 38.9 Å². The van der Waals surface area contributed by atoms with Gasteiger partial charge in [0.25, 0.3) is 0 Å². The van der Waals surface area contributed by atoms with Gasteiger partial charge in [0.2, 0.25) is 5.95 Å². The van der Waals surface area contributed by atoms with E-state index < -0.39 is 0 Å². The lowest BCUT2D eigenvalue weighted by Crippen LogP contribution is -2.49. The van der Waals surface area contributed by atoms with Crippen LogP contribution in [0.5, 0.6) is 0 Å². The van der Waals surface area contributed by atoms with E-state index in [1.807, 2.05) is 29.8 Å². The quantitative estimate of drug-likeness (QED) is 0.242. The van der Waals surface area contributed by atoms with Gasteiger partial charge < -0.3 is 25.1 Å². The Morgan fingerprint density at radius 3 is 2.36 bits per heavy atom. The van der Waals surface area contributed by atoms with Gasteiger partial charge in [0.15, 0.2) is 0 Å². The molecule has 0 amide bonds. The van der Waals surface area contributed by atoms with Crippen molar-refractivity contribution >= 4 is 62.7 Å². The molecular formula is C31H35Cl2N9. The number of nitrogens with one attached hydrogen (secondary N) is 1. The second-order valence-corrected chi connectivity index (χ2v) is 12.5. The van der Waals surface area contributed by atoms with Crippen LogP contribution in [-0.4, -0.2) is 73.2 Å². The van der Waals surface area contributed by atoms with E-state index in [0.717, 1.165) is 64.8 Å². The summed E-state index contributed by atoms with van der Waals surface area (Å²) in [6.07, 6.45) is 8.52. The Morgan fingerprint density at radius 2 is 1.62 bits per heavy atom. The molecule has 4 heterocycles. The highest BCUT2D eigenvalue weighted by atomic mass is 35.5. The molecule has 2 fully saturated rings. The molecule has 1 aliphatic heterocycles. The lowest BCUT2D eigenvalue weighted by Gasteiger charge is -2.41. The van der Waals surface area contributed by atoms with Gasteiger partial charge in [-0.1, -0.05) is 35.3 Å². The normalized spacial score (nSPS) is 20.5. The predicted octanol–water partition coefficient (Wildman–Crippen LogP) is 6.35. The Bertz CT molecular complexity index is 1740. The van der Waals surface area contributed by atoms with E-state index in [1.165, 1.54) is 25.9 Å². The summed E-state index contributed by atoms with van der Waals surface area (Å²) in [6, 6.07) is 12.9. The van der Waals surface area contributed by atoms with E-state index >= 15 is 0 Å². The predicted molar refractivity (Wildman–Crippen MR) is 172 cm³/mol. The molecule has 0 unspecified atom stereocenters. The van der Waals surface area contributed by atoms with Crippen LogP contribution in [0, 0.1) is 0 Å². The second kappa shape index (κ2) is 11.0. The number of aromatic nitrogens is 5. The number of rotatable bonds is 5. The summed E-state index contributed by atoms with van der Waals surface area (Å²) in [5.41, 5.74) is 12.0. The zero-order chi connectivity index (χ0) is 29.0. The Balaban J connectivity index is 1.13. The van der Waals surface area contributed by atoms with Crippen molar-refractivity contribution in [2.24, 2.45) is 7.05 Å². The molecule has 0 atom stereocenters. The standard InChI is InChI=1S/C31H35Cl2N9/c1-39-11-13-41(14-12-39)22-7-9-23(10-8-22)42-17-24(27-29(34)35-18-36-30(27)42)19-3-5-21(6-4-19)37-31-38-26-16-20(32)15-25(33)28(26)40(31)2/h3-6,15-18,22-23H,7-14H2,1-2H3,(H,37,38)(H2,34,35,36)/t22-,23-. The number of anilines is 3. The molecular weight excluding hydrogens is 569 g/mol. The fourth-order valence-corrected chi connectivity index (χ4v) is 7.34. The third kappa shape index (κ3) is 4.98. The van der Waals surface area contributed by atoms with Crippen molar-refractivity contribution in [1.82, 2.24) is 33.9 Å². The first-order valence-corrected chi connectivity index (χ1v) is 15.3. The van der Waals surface area contributed by atoms with E-state index in [1.54, 1.807) is 12.4 Å². The molecule has 3 N–H and O–H groups in total. The van der Waals surface area contributed by atoms with Crippen LogP contribution in [0.15, 0.2) is 48.9 Å². The fraction of sp³-hybridized carbons (Fsp3) is 0.387. The smallest absolute Gasteiger partial charge is 0.208 e. The molecule has 0 radical (unpaired) electrons. The number of benzene rings is 2. The molecule has 2 aromatic carbocycles. The summed E-state index contributed by atoms with van der Waals surface area (Å²) in [6.45, 7) is 4.68. The first-order valence-electron chi connectivity index (χ1n) is 14.6. The number of aryl methyl sites for hydroxylation is 1. The highest BCUT2D eigenvalue weighted by Crippen LogP contribution is 2.39. The maximum Gasteiger partial charge on any atom is 0.208 e. The Kier molecular flexibility index (Phi) is 7.22. The summed E-state index contributed by atoms with van der Waals surface area (Å²) in [4.78, 5) is 18.9. The minimum absolute atomic E-state index is 0.401. The number of fused-ring (bicyclic) bond motifs is 2. The number of piperazine rings is 1. The van der Waals surface area contributed by atoms with Crippen LogP contribution in [0.4, 0.5) is 17.5 Å². The number of nitrogens with two attached hydrogens (primary N) is 1. The summed E-state index contributed by atoms with van der Waals surface area (Å²) in [5.74, 6) is 1.20. The van der Waals surface area contributed by atoms with E-state index in [-0.39, 0.29) is 0 Å². The van der Waals surface area contributed by atoms with Crippen LogP contribution >= 0.6 is 23.2 Å². The van der Waals surface area contributed by atoms with Gasteiger partial charge in [0.1, 0.15) is 17.8 Å². The van der Waals surface area contributed by atoms with Crippen molar-refractivity contribution in [3.63, 3.8) is 0 Å². The average molecular weight is 605 g/mol. The summed E-state index contributed by atoms with van der Waals surface area (Å²) in [5, 5.41) is 5.46. The van der Waals surface area contributed by atoms with Gasteiger partial charge in [0.05, 0.1) is 21.4 Å². The Morgan fingerprint density at radius 1 is 0.905 bits per heavy atom. The van der Waals surface area contributed by atoms with Gasteiger partial charge in [-0.2, -0.15) is 0 Å². The molecule has 1 saturated carbocycles. The molecule has 7 rings (SSSR count). The molecule has 1 aliphatic carbocycles. The number of nitrogen functional groups attached to an aromatic ring is 1. The van der Waals surface area contributed by atoms with E-state index in [9.17, 15) is 0 Å². The number of halogens is 2. The van der Waals surface area contributed by atoms with Crippen molar-refractivity contribution < 1.29 is 0 Å². The third-order valence-corrected chi connectivity index (χ3v) is 9.60. The molecule has 2 aliphatic rings. The minimum atomic E-state index is 0.401. The highest BCUT2D eigenvalue weighted by molar-refractivity contribution is 6.38. The molecule has 9 nitrogen and oxygen atoms in total. The van der Waals surface area contributed by atoms with Gasteiger partial charge in [0, 0.05) is 67.8 Å². The van der Waals surface area contributed by atoms with E-state index in [2.05, 4.69) is 50.0 Å². The molecule has 3 aromatic heterocycles. The highest BCUT2D eigenvalue weighted by Gasteiger charge is 2.30. The molecule has 0 bridgehead atoms. The molecule has 0 spiro atoms. The van der Waals surface area contributed by atoms with Gasteiger partial charge in [-0.3, -0.25) is 4.90 Å². The van der Waals surface area contributed by atoms with Crippen LogP contribution in [0.1, 0.15) is 31.7 Å². The Hall–Kier alpha value is -3.37. The lowest BCUT2D eigenvalue weighted by molar-refractivity contribution is 0.0828. The molecule has 5 aromatic rings. The second-order valence-electron chi connectivity index (χ2n) is 11.7. The minimum Gasteiger partial charge on any atom is -0.383 e. The van der Waals surface area contributed by atoms with Gasteiger partial charge in [-0.15, -0.1) is 0 Å². The van der Waals surface area contributed by atoms with Gasteiger partial charge in [-0.25, -0.2) is 15.0 Å². The largest absolute Gasteiger partial charge is 0.383 e. The van der Waals surface area contributed by atoms with Crippen LogP contribution < -0.4 is 11.1 Å². The van der Waals surface area contributed by atoms with Crippen molar-refractivity contribution in [3.05, 3.63) is 59.0 Å². The first-order chi connectivity index (χ1) is 20.4. The van der Waals surface area contributed by atoms with E-state index in [0.29, 0.717) is 33.9 Å². The first kappa shape index (κ1) is 27.5. The molecule has 1 saturated heterocycles. The molecule has 218 valence electrons. The molecule has 42 heavy (non-hydrogen) atoms. The fourth-order valence-electron chi connectivity index (χ4n) is 6.73. The summed E-state index contributed by atoms with van der Waals surface area (Å²) < 4.78 is 4.29. The van der Waals surface area contributed by atoms with Crippen LogP contribution in [0.2, 0.25) is 10.0 Å². The van der Waals surface area contributed by atoms with Gasteiger partial charge in [-0.05, 0) is 62.6 Å². The van der Waals surface area contributed by atoms with Crippen molar-refractivity contribution in [2.45, 2.75) is 37.8 Å². The monoisotopic (exact) mass is 603 g/mol. The van der Waals surface area contributed by atoms with Crippen molar-refractivity contribution in [1.29, 1.82) is 0 Å². The number of imidazole rings is 1. The zero-order valence-electron chi connectivity index (χ0n) is 23.9. The zero-order valence-corrected chi connectivity index (χ0v) is 25.4. The summed E-state index contributed by atoms with van der Waals surface area (Å²) in [7, 11) is 4.15. The third-order valence-electron chi connectivity index (χ3n) is 9.09. The summed E-state index contributed by atoms with van der Waals surface area (Å²) >= 11 is 12.6. The maximum absolute atomic E-state index is 6.46. The topological polar surface area (TPSA) is 93.1 Å². The molecule has 11 heteroatoms. The number of nitrogens with zero attached hydrogens (tertiary/aromatic N) is 7. The van der Waals surface area contributed by atoms with Crippen LogP contribution in [0.25, 0.3) is 33.2 Å². The van der Waals surface area contributed by atoms with Crippen LogP contribution in [0.3, 0.4) is 0 Å². The Labute approximate surface area is 255 Å². The van der Waals surface area contributed by atoms with Crippen LogP contribution in [-0.2, 0) is 7.05 Å². The van der Waals surface area contributed by atoms with Crippen molar-refractivity contribution in [3.8, 4) is 11.1 Å². The lowest BCUT2D eigenvalue weighted by atomic mass is 9.89. The SMILES string of the molecule is CN1CCN([C@H]2CC[C@H](n3cc(-c4ccc(Nc5nc6cc(Cl)cc(Cl)c6n5C)cc4)c4c(N)ncnc43)CC2)CC1. The number of hydrogen-bond acceptors (Lipinski definition) is 7. The number of likely N-dealkylation sites (N-methyl/N-ethyl adjacent to an activating group) is 1. The average Bonchev–Trinajstić information content (AvgIpc) is 3.52. The number of hydrogen-bond donors (Lipinski definition) is 2. The van der Waals surface area contributed by atoms with Gasteiger partial charge >= 0.3 is 0 Å². The van der Waals surface area contributed by atoms with Crippen molar-refractivity contribution in [2.75, 3.05) is 44.3 Å². The maximum atomic E-state index is 6.46.